The normalized spacial score (nSPS) is 29.0. The minimum absolute atomic E-state index is 0.0172. The van der Waals surface area contributed by atoms with Crippen molar-refractivity contribution in [1.29, 1.82) is 0 Å². The number of fused-ring (bicyclic) bond motifs is 1. The molecule has 2 aliphatic heterocycles. The Bertz CT molecular complexity index is 731. The average Bonchev–Trinajstić information content (AvgIpc) is 2.91. The Morgan fingerprint density at radius 3 is 2.52 bits per heavy atom. The van der Waals surface area contributed by atoms with Gasteiger partial charge in [0.2, 0.25) is 5.91 Å². The predicted octanol–water partition coefficient (Wildman–Crippen LogP) is 2.26. The molecule has 4 rings (SSSR count). The Morgan fingerprint density at radius 1 is 1.04 bits per heavy atom. The summed E-state index contributed by atoms with van der Waals surface area (Å²) in [4.78, 5) is 12.9. The molecule has 0 bridgehead atoms. The quantitative estimate of drug-likeness (QED) is 0.797. The molecule has 23 heavy (non-hydrogen) atoms. The number of nitrogens with one attached hydrogen (secondary N) is 2. The lowest BCUT2D eigenvalue weighted by molar-refractivity contribution is -0.128. The highest BCUT2D eigenvalue weighted by Gasteiger charge is 2.54. The van der Waals surface area contributed by atoms with Crippen LogP contribution >= 0.6 is 0 Å². The predicted molar refractivity (Wildman–Crippen MR) is 89.0 cm³/mol. The number of aliphatic hydroxyl groups is 1. The third kappa shape index (κ3) is 2.21. The summed E-state index contributed by atoms with van der Waals surface area (Å²) in [6.07, 6.45) is 1.33. The van der Waals surface area contributed by atoms with Crippen LogP contribution in [0.1, 0.15) is 23.6 Å². The molecule has 1 spiro atoms. The van der Waals surface area contributed by atoms with Crippen molar-refractivity contribution >= 4 is 11.6 Å². The van der Waals surface area contributed by atoms with Gasteiger partial charge in [-0.3, -0.25) is 4.79 Å². The maximum atomic E-state index is 12.9. The summed E-state index contributed by atoms with van der Waals surface area (Å²) >= 11 is 0. The molecule has 0 radical (unpaired) electrons. The molecule has 2 unspecified atom stereocenters. The van der Waals surface area contributed by atoms with E-state index in [0.717, 1.165) is 16.8 Å². The van der Waals surface area contributed by atoms with Gasteiger partial charge >= 0.3 is 0 Å². The van der Waals surface area contributed by atoms with E-state index in [9.17, 15) is 9.90 Å². The second kappa shape index (κ2) is 5.39. The summed E-state index contributed by atoms with van der Waals surface area (Å²) in [5.41, 5.74) is 2.81. The number of carbonyl (C=O) groups is 1. The van der Waals surface area contributed by atoms with Crippen LogP contribution in [0.4, 0.5) is 5.69 Å². The van der Waals surface area contributed by atoms with Gasteiger partial charge in [0.05, 0.1) is 24.1 Å². The molecule has 1 saturated heterocycles. The molecular weight excluding hydrogens is 288 g/mol. The summed E-state index contributed by atoms with van der Waals surface area (Å²) in [5, 5.41) is 16.1. The molecule has 2 aliphatic rings. The fraction of sp³-hybridized carbons (Fsp3) is 0.316. The number of hydrogen-bond acceptors (Lipinski definition) is 3. The lowest BCUT2D eigenvalue weighted by atomic mass is 9.68. The molecule has 2 aromatic carbocycles. The molecule has 2 heterocycles. The summed E-state index contributed by atoms with van der Waals surface area (Å²) in [7, 11) is 0. The molecule has 0 aliphatic carbocycles. The molecule has 1 amide bonds. The number of para-hydroxylation sites is 1. The SMILES string of the molecule is O=C1NC(CO)C[C@@]12Cc1ccccc1NC2c1ccccc1. The van der Waals surface area contributed by atoms with Crippen LogP contribution in [-0.4, -0.2) is 23.7 Å². The highest BCUT2D eigenvalue weighted by Crippen LogP contribution is 2.50. The van der Waals surface area contributed by atoms with Gasteiger partial charge in [0.15, 0.2) is 0 Å². The lowest BCUT2D eigenvalue weighted by Crippen LogP contribution is -2.44. The number of hydrogen-bond donors (Lipinski definition) is 3. The number of benzene rings is 2. The first kappa shape index (κ1) is 14.3. The van der Waals surface area contributed by atoms with E-state index in [0.29, 0.717) is 12.8 Å². The van der Waals surface area contributed by atoms with E-state index in [4.69, 9.17) is 0 Å². The minimum atomic E-state index is -0.552. The van der Waals surface area contributed by atoms with Gasteiger partial charge in [-0.05, 0) is 30.0 Å². The van der Waals surface area contributed by atoms with E-state index in [-0.39, 0.29) is 24.6 Å². The highest BCUT2D eigenvalue weighted by atomic mass is 16.3. The second-order valence-electron chi connectivity index (χ2n) is 6.54. The number of rotatable bonds is 2. The molecule has 3 atom stereocenters. The Morgan fingerprint density at radius 2 is 1.78 bits per heavy atom. The Kier molecular flexibility index (Phi) is 3.34. The van der Waals surface area contributed by atoms with E-state index in [1.54, 1.807) is 0 Å². The van der Waals surface area contributed by atoms with Crippen LogP contribution in [0.5, 0.6) is 0 Å². The monoisotopic (exact) mass is 308 g/mol. The summed E-state index contributed by atoms with van der Waals surface area (Å²) in [6, 6.07) is 18.0. The fourth-order valence-corrected chi connectivity index (χ4v) is 4.02. The van der Waals surface area contributed by atoms with E-state index in [1.807, 2.05) is 30.3 Å². The van der Waals surface area contributed by atoms with E-state index in [1.165, 1.54) is 0 Å². The van der Waals surface area contributed by atoms with Crippen LogP contribution in [-0.2, 0) is 11.2 Å². The molecule has 0 aromatic heterocycles. The first-order valence-electron chi connectivity index (χ1n) is 8.04. The molecule has 2 aromatic rings. The van der Waals surface area contributed by atoms with Gasteiger partial charge in [-0.15, -0.1) is 0 Å². The van der Waals surface area contributed by atoms with Crippen molar-refractivity contribution in [2.75, 3.05) is 11.9 Å². The van der Waals surface area contributed by atoms with Crippen molar-refractivity contribution < 1.29 is 9.90 Å². The molecule has 0 saturated carbocycles. The summed E-state index contributed by atoms with van der Waals surface area (Å²) < 4.78 is 0. The molecule has 4 heteroatoms. The molecule has 1 fully saturated rings. The van der Waals surface area contributed by atoms with Gasteiger partial charge < -0.3 is 15.7 Å². The Hall–Kier alpha value is -2.33. The third-order valence-electron chi connectivity index (χ3n) is 5.13. The van der Waals surface area contributed by atoms with Crippen LogP contribution in [0, 0.1) is 5.41 Å². The standard InChI is InChI=1S/C19H20N2O2/c22-12-15-11-19(18(23)20-15)10-14-8-4-5-9-16(14)21-17(19)13-6-2-1-3-7-13/h1-9,15,17,21-22H,10-12H2,(H,20,23)/t15?,17?,19-/m1/s1. The van der Waals surface area contributed by atoms with Crippen molar-refractivity contribution in [2.24, 2.45) is 5.41 Å². The molecule has 118 valence electrons. The van der Waals surface area contributed by atoms with Crippen LogP contribution in [0.3, 0.4) is 0 Å². The fourth-order valence-electron chi connectivity index (χ4n) is 4.02. The van der Waals surface area contributed by atoms with E-state index in [2.05, 4.69) is 34.9 Å². The average molecular weight is 308 g/mol. The van der Waals surface area contributed by atoms with Gasteiger partial charge in [-0.25, -0.2) is 0 Å². The van der Waals surface area contributed by atoms with Crippen molar-refractivity contribution in [3.8, 4) is 0 Å². The van der Waals surface area contributed by atoms with Crippen LogP contribution < -0.4 is 10.6 Å². The number of carbonyl (C=O) groups excluding carboxylic acids is 1. The summed E-state index contributed by atoms with van der Waals surface area (Å²) in [6.45, 7) is -0.0172. The number of amides is 1. The van der Waals surface area contributed by atoms with Crippen molar-refractivity contribution in [1.82, 2.24) is 5.32 Å². The summed E-state index contributed by atoms with van der Waals surface area (Å²) in [5.74, 6) is 0.0346. The zero-order chi connectivity index (χ0) is 15.9. The topological polar surface area (TPSA) is 61.4 Å². The molecular formula is C19H20N2O2. The van der Waals surface area contributed by atoms with Gasteiger partial charge in [-0.2, -0.15) is 0 Å². The third-order valence-corrected chi connectivity index (χ3v) is 5.13. The van der Waals surface area contributed by atoms with Crippen LogP contribution in [0.15, 0.2) is 54.6 Å². The first-order valence-corrected chi connectivity index (χ1v) is 8.04. The largest absolute Gasteiger partial charge is 0.394 e. The minimum Gasteiger partial charge on any atom is -0.394 e. The number of anilines is 1. The van der Waals surface area contributed by atoms with Gasteiger partial charge in [0.25, 0.3) is 0 Å². The number of aliphatic hydroxyl groups excluding tert-OH is 1. The van der Waals surface area contributed by atoms with E-state index >= 15 is 0 Å². The first-order chi connectivity index (χ1) is 11.2. The van der Waals surface area contributed by atoms with Crippen molar-refractivity contribution in [3.63, 3.8) is 0 Å². The van der Waals surface area contributed by atoms with Crippen molar-refractivity contribution in [2.45, 2.75) is 24.9 Å². The molecule has 3 N–H and O–H groups in total. The Labute approximate surface area is 135 Å². The van der Waals surface area contributed by atoms with E-state index < -0.39 is 5.41 Å². The Balaban J connectivity index is 1.83. The van der Waals surface area contributed by atoms with Gasteiger partial charge in [0, 0.05) is 5.69 Å². The van der Waals surface area contributed by atoms with Gasteiger partial charge in [0.1, 0.15) is 0 Å². The van der Waals surface area contributed by atoms with Crippen molar-refractivity contribution in [3.05, 3.63) is 65.7 Å². The molecule has 4 nitrogen and oxygen atoms in total. The van der Waals surface area contributed by atoms with Gasteiger partial charge in [-0.1, -0.05) is 48.5 Å². The zero-order valence-electron chi connectivity index (χ0n) is 12.8. The smallest absolute Gasteiger partial charge is 0.229 e. The van der Waals surface area contributed by atoms with Crippen LogP contribution in [0.25, 0.3) is 0 Å². The second-order valence-corrected chi connectivity index (χ2v) is 6.54. The van der Waals surface area contributed by atoms with Crippen LogP contribution in [0.2, 0.25) is 0 Å². The maximum Gasteiger partial charge on any atom is 0.229 e. The highest BCUT2D eigenvalue weighted by molar-refractivity contribution is 5.88. The maximum absolute atomic E-state index is 12.9. The zero-order valence-corrected chi connectivity index (χ0v) is 12.8. The lowest BCUT2D eigenvalue weighted by Gasteiger charge is -2.41.